The van der Waals surface area contributed by atoms with Gasteiger partial charge < -0.3 is 14.8 Å². The van der Waals surface area contributed by atoms with Gasteiger partial charge in [-0.1, -0.05) is 6.07 Å². The molecule has 0 spiro atoms. The average molecular weight is 386 g/mol. The SMILES string of the molecule is CCOC(=O)c1ccc(NC(=S)NC(=O)c2cccc(OC(C)C)c2)cc1. The van der Waals surface area contributed by atoms with Crippen molar-refractivity contribution >= 4 is 34.9 Å². The lowest BCUT2D eigenvalue weighted by Gasteiger charge is -2.12. The fourth-order valence-electron chi connectivity index (χ4n) is 2.22. The minimum atomic E-state index is -0.386. The summed E-state index contributed by atoms with van der Waals surface area (Å²) in [7, 11) is 0. The Balaban J connectivity index is 1.95. The molecule has 142 valence electrons. The number of benzene rings is 2. The van der Waals surface area contributed by atoms with Crippen molar-refractivity contribution in [2.75, 3.05) is 11.9 Å². The van der Waals surface area contributed by atoms with Gasteiger partial charge in [-0.2, -0.15) is 0 Å². The zero-order valence-electron chi connectivity index (χ0n) is 15.4. The van der Waals surface area contributed by atoms with Gasteiger partial charge in [-0.3, -0.25) is 10.1 Å². The van der Waals surface area contributed by atoms with Crippen molar-refractivity contribution in [3.8, 4) is 5.75 Å². The number of anilines is 1. The van der Waals surface area contributed by atoms with Crippen LogP contribution in [0.1, 0.15) is 41.5 Å². The molecule has 7 heteroatoms. The first-order valence-corrected chi connectivity index (χ1v) is 8.96. The molecule has 0 aliphatic heterocycles. The summed E-state index contributed by atoms with van der Waals surface area (Å²) < 4.78 is 10.5. The highest BCUT2D eigenvalue weighted by atomic mass is 32.1. The molecule has 0 saturated heterocycles. The lowest BCUT2D eigenvalue weighted by molar-refractivity contribution is 0.0526. The van der Waals surface area contributed by atoms with E-state index in [9.17, 15) is 9.59 Å². The van der Waals surface area contributed by atoms with Crippen LogP contribution in [0.3, 0.4) is 0 Å². The van der Waals surface area contributed by atoms with E-state index in [1.807, 2.05) is 13.8 Å². The molecule has 2 aromatic rings. The molecule has 0 heterocycles. The number of nitrogens with one attached hydrogen (secondary N) is 2. The lowest BCUT2D eigenvalue weighted by atomic mass is 10.2. The molecule has 0 atom stereocenters. The minimum absolute atomic E-state index is 0.0173. The Labute approximate surface area is 163 Å². The second-order valence-electron chi connectivity index (χ2n) is 5.90. The Morgan fingerprint density at radius 3 is 2.41 bits per heavy atom. The maximum absolute atomic E-state index is 12.3. The summed E-state index contributed by atoms with van der Waals surface area (Å²) in [6.07, 6.45) is 0.0173. The third kappa shape index (κ3) is 6.38. The first kappa shape index (κ1) is 20.4. The van der Waals surface area contributed by atoms with E-state index in [0.29, 0.717) is 29.2 Å². The van der Waals surface area contributed by atoms with Crippen molar-refractivity contribution in [3.05, 3.63) is 59.7 Å². The largest absolute Gasteiger partial charge is 0.491 e. The van der Waals surface area contributed by atoms with Gasteiger partial charge in [0.1, 0.15) is 5.75 Å². The molecule has 0 unspecified atom stereocenters. The Morgan fingerprint density at radius 2 is 1.78 bits per heavy atom. The van der Waals surface area contributed by atoms with E-state index in [1.54, 1.807) is 55.5 Å². The standard InChI is InChI=1S/C20H22N2O4S/c1-4-25-19(24)14-8-10-16(11-9-14)21-20(27)22-18(23)15-6-5-7-17(12-15)26-13(2)3/h5-13H,4H2,1-3H3,(H2,21,22,23,27). The van der Waals surface area contributed by atoms with Crippen molar-refractivity contribution in [1.29, 1.82) is 0 Å². The number of amides is 1. The molecule has 6 nitrogen and oxygen atoms in total. The molecule has 2 rings (SSSR count). The third-order valence-electron chi connectivity index (χ3n) is 3.35. The third-order valence-corrected chi connectivity index (χ3v) is 3.55. The number of ether oxygens (including phenoxy) is 2. The van der Waals surface area contributed by atoms with E-state index in [1.165, 1.54) is 0 Å². The molecule has 0 aliphatic rings. The quantitative estimate of drug-likeness (QED) is 0.581. The highest BCUT2D eigenvalue weighted by molar-refractivity contribution is 7.80. The smallest absolute Gasteiger partial charge is 0.338 e. The number of carbonyl (C=O) groups excluding carboxylic acids is 2. The molecule has 0 aromatic heterocycles. The second kappa shape index (κ2) is 9.68. The summed E-state index contributed by atoms with van der Waals surface area (Å²) in [5, 5.41) is 5.67. The van der Waals surface area contributed by atoms with Gasteiger partial charge in [-0.25, -0.2) is 4.79 Å². The summed E-state index contributed by atoms with van der Waals surface area (Å²) in [6, 6.07) is 13.5. The van der Waals surface area contributed by atoms with Gasteiger partial charge in [0.25, 0.3) is 5.91 Å². The first-order chi connectivity index (χ1) is 12.9. The Hall–Kier alpha value is -2.93. The molecule has 2 N–H and O–H groups in total. The molecule has 0 fully saturated rings. The topological polar surface area (TPSA) is 76.7 Å². The zero-order chi connectivity index (χ0) is 19.8. The van der Waals surface area contributed by atoms with Gasteiger partial charge in [-0.05, 0) is 75.5 Å². The van der Waals surface area contributed by atoms with Gasteiger partial charge in [0.05, 0.1) is 18.3 Å². The number of carbonyl (C=O) groups is 2. The average Bonchev–Trinajstić information content (AvgIpc) is 2.62. The number of rotatable bonds is 6. The van der Waals surface area contributed by atoms with Crippen LogP contribution in [0, 0.1) is 0 Å². The highest BCUT2D eigenvalue weighted by Crippen LogP contribution is 2.15. The molecule has 0 radical (unpaired) electrons. The van der Waals surface area contributed by atoms with Crippen molar-refractivity contribution in [2.24, 2.45) is 0 Å². The zero-order valence-corrected chi connectivity index (χ0v) is 16.3. The Kier molecular flexibility index (Phi) is 7.31. The van der Waals surface area contributed by atoms with Gasteiger partial charge >= 0.3 is 5.97 Å². The van der Waals surface area contributed by atoms with E-state index < -0.39 is 0 Å². The molecule has 0 aliphatic carbocycles. The van der Waals surface area contributed by atoms with Crippen LogP contribution in [-0.4, -0.2) is 29.7 Å². The van der Waals surface area contributed by atoms with Gasteiger partial charge in [0, 0.05) is 11.3 Å². The number of hydrogen-bond acceptors (Lipinski definition) is 5. The molecular weight excluding hydrogens is 364 g/mol. The number of hydrogen-bond donors (Lipinski definition) is 2. The van der Waals surface area contributed by atoms with Crippen LogP contribution in [0.25, 0.3) is 0 Å². The van der Waals surface area contributed by atoms with Crippen LogP contribution in [0.2, 0.25) is 0 Å². The maximum Gasteiger partial charge on any atom is 0.338 e. The summed E-state index contributed by atoms with van der Waals surface area (Å²) in [5.41, 5.74) is 1.53. The number of esters is 1. The van der Waals surface area contributed by atoms with E-state index in [0.717, 1.165) is 0 Å². The summed E-state index contributed by atoms with van der Waals surface area (Å²) in [4.78, 5) is 24.0. The monoisotopic (exact) mass is 386 g/mol. The van der Waals surface area contributed by atoms with Crippen molar-refractivity contribution in [3.63, 3.8) is 0 Å². The molecular formula is C20H22N2O4S. The predicted molar refractivity (Wildman–Crippen MR) is 108 cm³/mol. The van der Waals surface area contributed by atoms with Crippen molar-refractivity contribution < 1.29 is 19.1 Å². The summed E-state index contributed by atoms with van der Waals surface area (Å²) in [6.45, 7) is 5.90. The predicted octanol–water partition coefficient (Wildman–Crippen LogP) is 3.78. The van der Waals surface area contributed by atoms with Crippen LogP contribution >= 0.6 is 12.2 Å². The molecule has 0 saturated carbocycles. The fourth-order valence-corrected chi connectivity index (χ4v) is 2.44. The summed E-state index contributed by atoms with van der Waals surface area (Å²) >= 11 is 5.18. The van der Waals surface area contributed by atoms with Crippen molar-refractivity contribution in [2.45, 2.75) is 26.9 Å². The van der Waals surface area contributed by atoms with Gasteiger partial charge in [-0.15, -0.1) is 0 Å². The number of thiocarbonyl (C=S) groups is 1. The van der Waals surface area contributed by atoms with Gasteiger partial charge in [0.15, 0.2) is 5.11 Å². The van der Waals surface area contributed by atoms with Crippen LogP contribution < -0.4 is 15.4 Å². The van der Waals surface area contributed by atoms with Crippen LogP contribution in [0.5, 0.6) is 5.75 Å². The Bertz CT molecular complexity index is 819. The van der Waals surface area contributed by atoms with E-state index >= 15 is 0 Å². The van der Waals surface area contributed by atoms with Crippen LogP contribution in [0.4, 0.5) is 5.69 Å². The highest BCUT2D eigenvalue weighted by Gasteiger charge is 2.10. The second-order valence-corrected chi connectivity index (χ2v) is 6.31. The normalized spacial score (nSPS) is 10.2. The minimum Gasteiger partial charge on any atom is -0.491 e. The maximum atomic E-state index is 12.3. The van der Waals surface area contributed by atoms with E-state index in [2.05, 4.69) is 10.6 Å². The molecule has 2 aromatic carbocycles. The lowest BCUT2D eigenvalue weighted by Crippen LogP contribution is -2.34. The van der Waals surface area contributed by atoms with Crippen molar-refractivity contribution in [1.82, 2.24) is 5.32 Å². The first-order valence-electron chi connectivity index (χ1n) is 8.55. The van der Waals surface area contributed by atoms with Crippen LogP contribution in [0.15, 0.2) is 48.5 Å². The van der Waals surface area contributed by atoms with E-state index in [-0.39, 0.29) is 23.1 Å². The molecule has 27 heavy (non-hydrogen) atoms. The van der Waals surface area contributed by atoms with E-state index in [4.69, 9.17) is 21.7 Å². The molecule has 1 amide bonds. The Morgan fingerprint density at radius 1 is 1.07 bits per heavy atom. The fraction of sp³-hybridized carbons (Fsp3) is 0.250. The molecule has 0 bridgehead atoms. The van der Waals surface area contributed by atoms with Crippen LogP contribution in [-0.2, 0) is 4.74 Å². The summed E-state index contributed by atoms with van der Waals surface area (Å²) in [5.74, 6) is -0.112. The van der Waals surface area contributed by atoms with Gasteiger partial charge in [0.2, 0.25) is 0 Å².